The van der Waals surface area contributed by atoms with Crippen LogP contribution in [0.3, 0.4) is 0 Å². The minimum Gasteiger partial charge on any atom is -0.226 e. The van der Waals surface area contributed by atoms with Gasteiger partial charge in [-0.3, -0.25) is 0 Å². The van der Waals surface area contributed by atoms with Gasteiger partial charge in [0.05, 0.1) is 5.25 Å². The highest BCUT2D eigenvalue weighted by molar-refractivity contribution is 8.08. The maximum absolute atomic E-state index is 12.8. The van der Waals surface area contributed by atoms with Gasteiger partial charge in [0.25, 0.3) is 0 Å². The predicted octanol–water partition coefficient (Wildman–Crippen LogP) is 2.49. The van der Waals surface area contributed by atoms with Gasteiger partial charge >= 0.3 is 0 Å². The summed E-state index contributed by atoms with van der Waals surface area (Å²) in [4.78, 5) is 0. The summed E-state index contributed by atoms with van der Waals surface area (Å²) < 4.78 is 37.3. The number of hydrogen-bond donors (Lipinski definition) is 0. The monoisotopic (exact) mass is 164 g/mol. The summed E-state index contributed by atoms with van der Waals surface area (Å²) in [7, 11) is 0. The molecule has 2 rings (SSSR count). The number of hydrogen-bond acceptors (Lipinski definition) is 1. The highest BCUT2D eigenvalue weighted by Gasteiger charge is 2.57. The maximum atomic E-state index is 12.8. The van der Waals surface area contributed by atoms with Crippen molar-refractivity contribution in [3.8, 4) is 0 Å². The Morgan fingerprint density at radius 3 is 2.70 bits per heavy atom. The molecule has 0 aromatic carbocycles. The van der Waals surface area contributed by atoms with E-state index < -0.39 is 21.9 Å². The van der Waals surface area contributed by atoms with Crippen LogP contribution in [0.15, 0.2) is 23.8 Å². The number of halogens is 3. The van der Waals surface area contributed by atoms with Gasteiger partial charge < -0.3 is 0 Å². The quantitative estimate of drug-likeness (QED) is 0.495. The molecule has 0 aromatic rings. The molecule has 2 aliphatic rings. The topological polar surface area (TPSA) is 0 Å². The standard InChI is InChI=1S/C6H3F3S/c7-3-1-5-6(9,10-5)2-4(3)8/h1-2,5H. The molecule has 0 bridgehead atoms. The van der Waals surface area contributed by atoms with Crippen molar-refractivity contribution >= 4 is 11.8 Å². The molecule has 2 atom stereocenters. The van der Waals surface area contributed by atoms with Crippen molar-refractivity contribution in [1.82, 2.24) is 0 Å². The molecule has 0 radical (unpaired) electrons. The Morgan fingerprint density at radius 2 is 2.10 bits per heavy atom. The summed E-state index contributed by atoms with van der Waals surface area (Å²) in [5, 5.41) is -2.13. The van der Waals surface area contributed by atoms with Gasteiger partial charge in [0.2, 0.25) is 0 Å². The summed E-state index contributed by atoms with van der Waals surface area (Å²) in [6, 6.07) is 0. The zero-order chi connectivity index (χ0) is 7.35. The molecular formula is C6H3F3S. The lowest BCUT2D eigenvalue weighted by atomic mass is 10.1. The molecule has 4 heteroatoms. The second-order valence-electron chi connectivity index (χ2n) is 2.24. The van der Waals surface area contributed by atoms with E-state index in [1.54, 1.807) is 0 Å². The van der Waals surface area contributed by atoms with E-state index in [9.17, 15) is 13.2 Å². The van der Waals surface area contributed by atoms with Crippen LogP contribution in [-0.2, 0) is 0 Å². The largest absolute Gasteiger partial charge is 0.226 e. The third-order valence-corrected chi connectivity index (χ3v) is 2.70. The predicted molar refractivity (Wildman–Crippen MR) is 33.6 cm³/mol. The van der Waals surface area contributed by atoms with Crippen molar-refractivity contribution in [3.63, 3.8) is 0 Å². The van der Waals surface area contributed by atoms with Gasteiger partial charge in [-0.2, -0.15) is 0 Å². The van der Waals surface area contributed by atoms with Crippen molar-refractivity contribution in [2.75, 3.05) is 0 Å². The number of fused-ring (bicyclic) bond motifs is 1. The molecule has 0 N–H and O–H groups in total. The van der Waals surface area contributed by atoms with Crippen LogP contribution in [0.4, 0.5) is 13.2 Å². The Bertz CT molecular complexity index is 245. The smallest absolute Gasteiger partial charge is 0.194 e. The molecule has 0 spiro atoms. The second kappa shape index (κ2) is 1.61. The molecule has 0 nitrogen and oxygen atoms in total. The highest BCUT2D eigenvalue weighted by Crippen LogP contribution is 2.60. The van der Waals surface area contributed by atoms with Crippen LogP contribution in [0.2, 0.25) is 0 Å². The minimum atomic E-state index is -1.64. The third-order valence-electron chi connectivity index (χ3n) is 1.49. The van der Waals surface area contributed by atoms with E-state index in [1.165, 1.54) is 0 Å². The normalized spacial score (nSPS) is 43.7. The summed E-state index contributed by atoms with van der Waals surface area (Å²) in [6.45, 7) is 0. The van der Waals surface area contributed by atoms with Crippen molar-refractivity contribution in [2.24, 2.45) is 0 Å². The van der Waals surface area contributed by atoms with Crippen LogP contribution in [-0.4, -0.2) is 10.3 Å². The SMILES string of the molecule is FC1=CC2SC2(F)C=C1F. The lowest BCUT2D eigenvalue weighted by Gasteiger charge is -2.01. The fourth-order valence-electron chi connectivity index (χ4n) is 0.879. The molecule has 1 saturated heterocycles. The molecule has 0 amide bonds. The Labute approximate surface area is 59.8 Å². The molecule has 1 heterocycles. The molecule has 2 unspecified atom stereocenters. The fraction of sp³-hybridized carbons (Fsp3) is 0.333. The average Bonchev–Trinajstić information content (AvgIpc) is 2.41. The Kier molecular flexibility index (Phi) is 1.02. The van der Waals surface area contributed by atoms with E-state index in [-0.39, 0.29) is 0 Å². The van der Waals surface area contributed by atoms with Gasteiger partial charge in [-0.1, -0.05) is 0 Å². The lowest BCUT2D eigenvalue weighted by molar-refractivity contribution is 0.389. The first-order valence-electron chi connectivity index (χ1n) is 2.74. The third kappa shape index (κ3) is 0.714. The van der Waals surface area contributed by atoms with E-state index >= 15 is 0 Å². The number of rotatable bonds is 0. The van der Waals surface area contributed by atoms with Crippen LogP contribution >= 0.6 is 11.8 Å². The minimum absolute atomic E-state index is 0.494. The molecule has 1 fully saturated rings. The Hall–Kier alpha value is -0.380. The summed E-state index contributed by atoms with van der Waals surface area (Å²) in [5.41, 5.74) is 0. The summed E-state index contributed by atoms with van der Waals surface area (Å²) >= 11 is 0.909. The molecule has 1 aliphatic carbocycles. The highest BCUT2D eigenvalue weighted by atomic mass is 32.2. The zero-order valence-corrected chi connectivity index (χ0v) is 5.59. The molecule has 10 heavy (non-hydrogen) atoms. The fourth-order valence-corrected chi connectivity index (χ4v) is 1.69. The van der Waals surface area contributed by atoms with Gasteiger partial charge in [0.15, 0.2) is 16.7 Å². The summed E-state index contributed by atoms with van der Waals surface area (Å²) in [6.07, 6.45) is 1.66. The molecule has 0 saturated carbocycles. The van der Waals surface area contributed by atoms with E-state index in [4.69, 9.17) is 0 Å². The molecule has 0 aromatic heterocycles. The first kappa shape index (κ1) is 6.34. The van der Waals surface area contributed by atoms with Crippen LogP contribution < -0.4 is 0 Å². The van der Waals surface area contributed by atoms with Gasteiger partial charge in [0.1, 0.15) is 0 Å². The van der Waals surface area contributed by atoms with Crippen molar-refractivity contribution < 1.29 is 13.2 Å². The zero-order valence-electron chi connectivity index (χ0n) is 4.77. The van der Waals surface area contributed by atoms with Crippen molar-refractivity contribution in [3.05, 3.63) is 23.8 Å². The van der Waals surface area contributed by atoms with Gasteiger partial charge in [-0.15, -0.1) is 11.8 Å². The number of alkyl halides is 1. The molecule has 54 valence electrons. The van der Waals surface area contributed by atoms with Gasteiger partial charge in [0, 0.05) is 6.08 Å². The van der Waals surface area contributed by atoms with Gasteiger partial charge in [-0.05, 0) is 6.08 Å². The van der Waals surface area contributed by atoms with Crippen LogP contribution in [0, 0.1) is 0 Å². The first-order valence-corrected chi connectivity index (χ1v) is 3.62. The van der Waals surface area contributed by atoms with E-state index in [0.717, 1.165) is 17.8 Å². The summed E-state index contributed by atoms with van der Waals surface area (Å²) in [5.74, 6) is -2.02. The Balaban J connectivity index is 2.37. The average molecular weight is 164 g/mol. The number of allylic oxidation sites excluding steroid dienone is 2. The molecule has 1 aliphatic heterocycles. The van der Waals surface area contributed by atoms with Gasteiger partial charge in [-0.25, -0.2) is 13.2 Å². The van der Waals surface area contributed by atoms with E-state index in [1.807, 2.05) is 0 Å². The van der Waals surface area contributed by atoms with Crippen LogP contribution in [0.25, 0.3) is 0 Å². The molecular weight excluding hydrogens is 161 g/mol. The van der Waals surface area contributed by atoms with E-state index in [2.05, 4.69) is 0 Å². The Morgan fingerprint density at radius 1 is 1.40 bits per heavy atom. The van der Waals surface area contributed by atoms with Crippen molar-refractivity contribution in [2.45, 2.75) is 10.3 Å². The van der Waals surface area contributed by atoms with E-state index in [0.29, 0.717) is 6.08 Å². The first-order chi connectivity index (χ1) is 4.62. The van der Waals surface area contributed by atoms with Crippen LogP contribution in [0.5, 0.6) is 0 Å². The maximum Gasteiger partial charge on any atom is 0.194 e. The lowest BCUT2D eigenvalue weighted by Crippen LogP contribution is -2.06. The second-order valence-corrected chi connectivity index (χ2v) is 3.61. The van der Waals surface area contributed by atoms with Crippen molar-refractivity contribution in [1.29, 1.82) is 0 Å². The number of thioether (sulfide) groups is 1. The van der Waals surface area contributed by atoms with Crippen LogP contribution in [0.1, 0.15) is 0 Å².